The molecule has 0 saturated carbocycles. The van der Waals surface area contributed by atoms with E-state index in [1.807, 2.05) is 13.8 Å². The van der Waals surface area contributed by atoms with Crippen LogP contribution in [-0.4, -0.2) is 45.4 Å². The molecule has 7 nitrogen and oxygen atoms in total. The number of amides is 2. The smallest absolute Gasteiger partial charge is 0.354 e. The molecule has 0 bridgehead atoms. The molecule has 21 heavy (non-hydrogen) atoms. The van der Waals surface area contributed by atoms with Gasteiger partial charge in [-0.2, -0.15) is 0 Å². The predicted octanol–water partition coefficient (Wildman–Crippen LogP) is 0.975. The van der Waals surface area contributed by atoms with Gasteiger partial charge >= 0.3 is 5.97 Å². The lowest BCUT2D eigenvalue weighted by Crippen LogP contribution is -2.33. The van der Waals surface area contributed by atoms with Crippen molar-refractivity contribution in [3.05, 3.63) is 23.9 Å². The Labute approximate surface area is 122 Å². The first kappa shape index (κ1) is 15.0. The number of pyridine rings is 1. The highest BCUT2D eigenvalue weighted by molar-refractivity contribution is 5.97. The van der Waals surface area contributed by atoms with E-state index in [4.69, 9.17) is 5.11 Å². The number of carbonyl (C=O) groups excluding carboxylic acids is 2. The van der Waals surface area contributed by atoms with Crippen LogP contribution in [0.1, 0.15) is 30.8 Å². The van der Waals surface area contributed by atoms with Gasteiger partial charge in [-0.15, -0.1) is 0 Å². The van der Waals surface area contributed by atoms with Crippen LogP contribution in [0.4, 0.5) is 5.82 Å². The van der Waals surface area contributed by atoms with Crippen LogP contribution in [0, 0.1) is 5.92 Å². The Kier molecular flexibility index (Phi) is 4.21. The Morgan fingerprint density at radius 3 is 2.71 bits per heavy atom. The SMILES string of the molecule is CC(C)N1CC(C(=O)Nc2cccc(C(=O)O)n2)CC1=O. The van der Waals surface area contributed by atoms with Crippen LogP contribution < -0.4 is 5.32 Å². The molecule has 1 aromatic heterocycles. The number of anilines is 1. The number of aromatic carboxylic acids is 1. The zero-order valence-corrected chi connectivity index (χ0v) is 11.9. The number of rotatable bonds is 4. The van der Waals surface area contributed by atoms with Gasteiger partial charge < -0.3 is 15.3 Å². The van der Waals surface area contributed by atoms with Crippen LogP contribution in [0.2, 0.25) is 0 Å². The van der Waals surface area contributed by atoms with E-state index in [1.165, 1.54) is 18.2 Å². The molecule has 1 aliphatic rings. The molecule has 7 heteroatoms. The van der Waals surface area contributed by atoms with Crippen LogP contribution in [-0.2, 0) is 9.59 Å². The minimum absolute atomic E-state index is 0.0441. The van der Waals surface area contributed by atoms with Crippen molar-refractivity contribution < 1.29 is 19.5 Å². The number of nitrogens with one attached hydrogen (secondary N) is 1. The van der Waals surface area contributed by atoms with Gasteiger partial charge in [-0.3, -0.25) is 9.59 Å². The molecule has 2 amide bonds. The van der Waals surface area contributed by atoms with E-state index >= 15 is 0 Å². The molecule has 0 spiro atoms. The summed E-state index contributed by atoms with van der Waals surface area (Å²) in [7, 11) is 0. The fourth-order valence-corrected chi connectivity index (χ4v) is 2.26. The van der Waals surface area contributed by atoms with E-state index in [1.54, 1.807) is 4.90 Å². The molecular formula is C14H17N3O4. The monoisotopic (exact) mass is 291 g/mol. The Bertz CT molecular complexity index is 585. The summed E-state index contributed by atoms with van der Waals surface area (Å²) < 4.78 is 0. The summed E-state index contributed by atoms with van der Waals surface area (Å²) in [5.74, 6) is -1.78. The largest absolute Gasteiger partial charge is 0.477 e. The number of hydrogen-bond acceptors (Lipinski definition) is 4. The molecule has 112 valence electrons. The topological polar surface area (TPSA) is 99.6 Å². The van der Waals surface area contributed by atoms with Crippen molar-refractivity contribution in [1.29, 1.82) is 0 Å². The van der Waals surface area contributed by atoms with Gasteiger partial charge in [0.15, 0.2) is 5.69 Å². The van der Waals surface area contributed by atoms with E-state index in [-0.39, 0.29) is 35.8 Å². The number of likely N-dealkylation sites (tertiary alicyclic amines) is 1. The third-order valence-corrected chi connectivity index (χ3v) is 3.37. The molecule has 2 rings (SSSR count). The van der Waals surface area contributed by atoms with Crippen LogP contribution in [0.25, 0.3) is 0 Å². The van der Waals surface area contributed by atoms with Gasteiger partial charge in [0.05, 0.1) is 5.92 Å². The van der Waals surface area contributed by atoms with E-state index in [2.05, 4.69) is 10.3 Å². The van der Waals surface area contributed by atoms with Gasteiger partial charge in [0, 0.05) is 19.0 Å². The molecule has 1 aromatic rings. The van der Waals surface area contributed by atoms with Gasteiger partial charge in [0.25, 0.3) is 0 Å². The fourth-order valence-electron chi connectivity index (χ4n) is 2.26. The highest BCUT2D eigenvalue weighted by atomic mass is 16.4. The van der Waals surface area contributed by atoms with Gasteiger partial charge in [0.2, 0.25) is 11.8 Å². The first-order chi connectivity index (χ1) is 9.88. The van der Waals surface area contributed by atoms with Crippen LogP contribution in [0.3, 0.4) is 0 Å². The second kappa shape index (κ2) is 5.90. The number of nitrogens with zero attached hydrogens (tertiary/aromatic N) is 2. The third kappa shape index (κ3) is 3.36. The number of carbonyl (C=O) groups is 3. The van der Waals surface area contributed by atoms with E-state index in [9.17, 15) is 14.4 Å². The molecular weight excluding hydrogens is 274 g/mol. The molecule has 2 heterocycles. The maximum Gasteiger partial charge on any atom is 0.354 e. The predicted molar refractivity (Wildman–Crippen MR) is 74.8 cm³/mol. The second-order valence-electron chi connectivity index (χ2n) is 5.24. The van der Waals surface area contributed by atoms with Gasteiger partial charge in [0.1, 0.15) is 5.82 Å². The van der Waals surface area contributed by atoms with Crippen molar-refractivity contribution in [3.63, 3.8) is 0 Å². The quantitative estimate of drug-likeness (QED) is 0.861. The van der Waals surface area contributed by atoms with Crippen molar-refractivity contribution in [2.45, 2.75) is 26.3 Å². The summed E-state index contributed by atoms with van der Waals surface area (Å²) in [6.07, 6.45) is 0.169. The Hall–Kier alpha value is -2.44. The maximum absolute atomic E-state index is 12.1. The average molecular weight is 291 g/mol. The van der Waals surface area contributed by atoms with Gasteiger partial charge in [-0.1, -0.05) is 6.07 Å². The van der Waals surface area contributed by atoms with Crippen molar-refractivity contribution in [1.82, 2.24) is 9.88 Å². The van der Waals surface area contributed by atoms with Crippen LogP contribution >= 0.6 is 0 Å². The number of carboxylic acid groups (broad SMARTS) is 1. The second-order valence-corrected chi connectivity index (χ2v) is 5.24. The zero-order valence-electron chi connectivity index (χ0n) is 11.9. The molecule has 2 N–H and O–H groups in total. The molecule has 1 atom stereocenters. The van der Waals surface area contributed by atoms with Crippen LogP contribution in [0.15, 0.2) is 18.2 Å². The van der Waals surface area contributed by atoms with Crippen LogP contribution in [0.5, 0.6) is 0 Å². The first-order valence-electron chi connectivity index (χ1n) is 6.69. The molecule has 0 aliphatic carbocycles. The minimum atomic E-state index is -1.16. The van der Waals surface area contributed by atoms with E-state index in [0.717, 1.165) is 0 Å². The highest BCUT2D eigenvalue weighted by Crippen LogP contribution is 2.21. The highest BCUT2D eigenvalue weighted by Gasteiger charge is 2.35. The summed E-state index contributed by atoms with van der Waals surface area (Å²) in [5, 5.41) is 11.4. The van der Waals surface area contributed by atoms with E-state index in [0.29, 0.717) is 6.54 Å². The maximum atomic E-state index is 12.1. The average Bonchev–Trinajstić information content (AvgIpc) is 2.81. The van der Waals surface area contributed by atoms with Gasteiger partial charge in [-0.05, 0) is 26.0 Å². The zero-order chi connectivity index (χ0) is 15.6. The lowest BCUT2D eigenvalue weighted by molar-refractivity contribution is -0.129. The number of carboxylic acids is 1. The Morgan fingerprint density at radius 2 is 2.14 bits per heavy atom. The summed E-state index contributed by atoms with van der Waals surface area (Å²) in [5.41, 5.74) is -0.140. The summed E-state index contributed by atoms with van der Waals surface area (Å²) >= 11 is 0. The standard InChI is InChI=1S/C14H17N3O4/c1-8(2)17-7-9(6-12(17)18)13(19)16-11-5-3-4-10(15-11)14(20)21/h3-5,8-9H,6-7H2,1-2H3,(H,20,21)(H,15,16,19). The molecule has 1 saturated heterocycles. The van der Waals surface area contributed by atoms with Gasteiger partial charge in [-0.25, -0.2) is 9.78 Å². The first-order valence-corrected chi connectivity index (χ1v) is 6.69. The lowest BCUT2D eigenvalue weighted by atomic mass is 10.1. The molecule has 1 aliphatic heterocycles. The minimum Gasteiger partial charge on any atom is -0.477 e. The Morgan fingerprint density at radius 1 is 1.43 bits per heavy atom. The Balaban J connectivity index is 2.04. The van der Waals surface area contributed by atoms with Crippen molar-refractivity contribution >= 4 is 23.6 Å². The van der Waals surface area contributed by atoms with Crippen molar-refractivity contribution in [2.75, 3.05) is 11.9 Å². The third-order valence-electron chi connectivity index (χ3n) is 3.37. The molecule has 0 radical (unpaired) electrons. The van der Waals surface area contributed by atoms with Crippen molar-refractivity contribution in [3.8, 4) is 0 Å². The number of aromatic nitrogens is 1. The van der Waals surface area contributed by atoms with E-state index < -0.39 is 11.9 Å². The molecule has 0 aromatic carbocycles. The number of hydrogen-bond donors (Lipinski definition) is 2. The summed E-state index contributed by atoms with van der Waals surface area (Å²) in [6.45, 7) is 4.17. The normalized spacial score (nSPS) is 18.1. The van der Waals surface area contributed by atoms with Crippen molar-refractivity contribution in [2.24, 2.45) is 5.92 Å². The molecule has 1 unspecified atom stereocenters. The summed E-state index contributed by atoms with van der Waals surface area (Å²) in [4.78, 5) is 40.2. The molecule has 1 fully saturated rings. The fraction of sp³-hybridized carbons (Fsp3) is 0.429. The summed E-state index contributed by atoms with van der Waals surface area (Å²) in [6, 6.07) is 4.43. The lowest BCUT2D eigenvalue weighted by Gasteiger charge is -2.20.